The van der Waals surface area contributed by atoms with E-state index in [0.717, 1.165) is 6.07 Å². The molecule has 0 aromatic heterocycles. The van der Waals surface area contributed by atoms with Crippen LogP contribution in [-0.4, -0.2) is 12.5 Å². The zero-order valence-corrected chi connectivity index (χ0v) is 10.6. The number of hydrogen-bond acceptors (Lipinski definition) is 3. The average Bonchev–Trinajstić information content (AvgIpc) is 2.42. The molecule has 0 spiro atoms. The highest BCUT2D eigenvalue weighted by Crippen LogP contribution is 2.19. The molecule has 0 aliphatic rings. The van der Waals surface area contributed by atoms with Crippen molar-refractivity contribution in [2.24, 2.45) is 0 Å². The van der Waals surface area contributed by atoms with E-state index in [-0.39, 0.29) is 22.7 Å². The van der Waals surface area contributed by atoms with Gasteiger partial charge in [-0.25, -0.2) is 4.39 Å². The lowest BCUT2D eigenvalue weighted by Gasteiger charge is -2.08. The summed E-state index contributed by atoms with van der Waals surface area (Å²) in [5.41, 5.74) is 5.78. The summed E-state index contributed by atoms with van der Waals surface area (Å²) in [7, 11) is 0. The molecule has 0 bridgehead atoms. The minimum absolute atomic E-state index is 0.0258. The zero-order chi connectivity index (χ0) is 15.4. The van der Waals surface area contributed by atoms with Crippen LogP contribution in [0.4, 0.5) is 24.5 Å². The number of halogens is 3. The van der Waals surface area contributed by atoms with Crippen molar-refractivity contribution in [1.82, 2.24) is 0 Å². The number of rotatable bonds is 4. The first-order valence-corrected chi connectivity index (χ1v) is 5.87. The molecular formula is C14H11F3N2O2. The molecule has 0 atom stereocenters. The normalized spacial score (nSPS) is 10.5. The van der Waals surface area contributed by atoms with Gasteiger partial charge >= 0.3 is 6.61 Å². The van der Waals surface area contributed by atoms with Crippen molar-refractivity contribution < 1.29 is 22.7 Å². The van der Waals surface area contributed by atoms with E-state index in [4.69, 9.17) is 5.73 Å². The standard InChI is InChI=1S/C14H11F3N2O2/c15-11-7-9(18)3-6-12(11)19-13(20)8-1-4-10(5-2-8)21-14(16)17/h1-7,14H,18H2,(H,19,20). The van der Waals surface area contributed by atoms with Crippen molar-refractivity contribution in [2.75, 3.05) is 11.1 Å². The number of nitrogen functional groups attached to an aromatic ring is 1. The fraction of sp³-hybridized carbons (Fsp3) is 0.0714. The minimum Gasteiger partial charge on any atom is -0.435 e. The highest BCUT2D eigenvalue weighted by molar-refractivity contribution is 6.04. The maximum atomic E-state index is 13.5. The first kappa shape index (κ1) is 14.7. The summed E-state index contributed by atoms with van der Waals surface area (Å²) >= 11 is 0. The summed E-state index contributed by atoms with van der Waals surface area (Å²) < 4.78 is 41.7. The Hall–Kier alpha value is -2.70. The third kappa shape index (κ3) is 3.88. The molecule has 7 heteroatoms. The number of amides is 1. The van der Waals surface area contributed by atoms with Crippen LogP contribution >= 0.6 is 0 Å². The quantitative estimate of drug-likeness (QED) is 0.851. The van der Waals surface area contributed by atoms with E-state index in [9.17, 15) is 18.0 Å². The number of carbonyl (C=O) groups excluding carboxylic acids is 1. The van der Waals surface area contributed by atoms with Gasteiger partial charge in [0.2, 0.25) is 0 Å². The van der Waals surface area contributed by atoms with Crippen molar-refractivity contribution in [1.29, 1.82) is 0 Å². The molecule has 0 saturated heterocycles. The third-order valence-corrected chi connectivity index (χ3v) is 2.58. The summed E-state index contributed by atoms with van der Waals surface area (Å²) in [6.07, 6.45) is 0. The first-order valence-electron chi connectivity index (χ1n) is 5.87. The molecule has 21 heavy (non-hydrogen) atoms. The smallest absolute Gasteiger partial charge is 0.387 e. The topological polar surface area (TPSA) is 64.3 Å². The Kier molecular flexibility index (Phi) is 4.32. The fourth-order valence-electron chi connectivity index (χ4n) is 1.61. The molecule has 110 valence electrons. The molecule has 1 amide bonds. The SMILES string of the molecule is Nc1ccc(NC(=O)c2ccc(OC(F)F)cc2)c(F)c1. The van der Waals surface area contributed by atoms with Crippen molar-refractivity contribution in [3.8, 4) is 5.75 Å². The first-order chi connectivity index (χ1) is 9.95. The molecule has 0 aliphatic heterocycles. The van der Waals surface area contributed by atoms with Gasteiger partial charge in [-0.05, 0) is 42.5 Å². The van der Waals surface area contributed by atoms with Gasteiger partial charge in [0.05, 0.1) is 5.69 Å². The summed E-state index contributed by atoms with van der Waals surface area (Å²) in [6, 6.07) is 8.88. The predicted molar refractivity (Wildman–Crippen MR) is 71.8 cm³/mol. The van der Waals surface area contributed by atoms with Crippen LogP contribution in [-0.2, 0) is 0 Å². The van der Waals surface area contributed by atoms with Crippen molar-refractivity contribution in [2.45, 2.75) is 6.61 Å². The van der Waals surface area contributed by atoms with Gasteiger partial charge in [-0.15, -0.1) is 0 Å². The van der Waals surface area contributed by atoms with Crippen LogP contribution in [0.2, 0.25) is 0 Å². The van der Waals surface area contributed by atoms with Crippen molar-refractivity contribution in [3.05, 3.63) is 53.8 Å². The summed E-state index contributed by atoms with van der Waals surface area (Å²) in [5.74, 6) is -1.32. The van der Waals surface area contributed by atoms with Crippen LogP contribution in [0.15, 0.2) is 42.5 Å². The van der Waals surface area contributed by atoms with E-state index in [1.807, 2.05) is 0 Å². The lowest BCUT2D eigenvalue weighted by Crippen LogP contribution is -2.13. The zero-order valence-electron chi connectivity index (χ0n) is 10.6. The molecule has 0 radical (unpaired) electrons. The van der Waals surface area contributed by atoms with E-state index in [2.05, 4.69) is 10.1 Å². The Morgan fingerprint density at radius 3 is 2.38 bits per heavy atom. The second kappa shape index (κ2) is 6.17. The van der Waals surface area contributed by atoms with E-state index in [1.54, 1.807) is 0 Å². The molecular weight excluding hydrogens is 285 g/mol. The number of nitrogens with two attached hydrogens (primary N) is 1. The number of ether oxygens (including phenoxy) is 1. The molecule has 2 aromatic carbocycles. The fourth-order valence-corrected chi connectivity index (χ4v) is 1.61. The van der Waals surface area contributed by atoms with Gasteiger partial charge in [0, 0.05) is 11.3 Å². The van der Waals surface area contributed by atoms with Gasteiger partial charge in [0.15, 0.2) is 0 Å². The number of anilines is 2. The molecule has 3 N–H and O–H groups in total. The third-order valence-electron chi connectivity index (χ3n) is 2.58. The van der Waals surface area contributed by atoms with Crippen LogP contribution < -0.4 is 15.8 Å². The van der Waals surface area contributed by atoms with Crippen molar-refractivity contribution in [3.63, 3.8) is 0 Å². The Balaban J connectivity index is 2.09. The number of nitrogens with one attached hydrogen (secondary N) is 1. The Morgan fingerprint density at radius 2 is 1.81 bits per heavy atom. The van der Waals surface area contributed by atoms with Crippen LogP contribution in [0.3, 0.4) is 0 Å². The van der Waals surface area contributed by atoms with Gasteiger partial charge in [0.25, 0.3) is 5.91 Å². The molecule has 0 fully saturated rings. The predicted octanol–water partition coefficient (Wildman–Crippen LogP) is 3.26. The lowest BCUT2D eigenvalue weighted by molar-refractivity contribution is -0.0498. The minimum atomic E-state index is -2.94. The largest absolute Gasteiger partial charge is 0.435 e. The van der Waals surface area contributed by atoms with E-state index < -0.39 is 18.3 Å². The highest BCUT2D eigenvalue weighted by atomic mass is 19.3. The van der Waals surface area contributed by atoms with Crippen LogP contribution in [0.5, 0.6) is 5.75 Å². The maximum absolute atomic E-state index is 13.5. The average molecular weight is 296 g/mol. The van der Waals surface area contributed by atoms with E-state index in [0.29, 0.717) is 0 Å². The summed E-state index contributed by atoms with van der Waals surface area (Å²) in [6.45, 7) is -2.94. The van der Waals surface area contributed by atoms with E-state index in [1.165, 1.54) is 36.4 Å². The Labute approximate surface area is 118 Å². The number of hydrogen-bond donors (Lipinski definition) is 2. The van der Waals surface area contributed by atoms with Gasteiger partial charge in [0.1, 0.15) is 11.6 Å². The molecule has 0 aliphatic carbocycles. The molecule has 0 unspecified atom stereocenters. The number of benzene rings is 2. The molecule has 2 aromatic rings. The van der Waals surface area contributed by atoms with Gasteiger partial charge < -0.3 is 15.8 Å². The molecule has 0 saturated carbocycles. The van der Waals surface area contributed by atoms with Crippen LogP contribution in [0, 0.1) is 5.82 Å². The monoisotopic (exact) mass is 296 g/mol. The second-order valence-electron chi connectivity index (χ2n) is 4.10. The molecule has 4 nitrogen and oxygen atoms in total. The maximum Gasteiger partial charge on any atom is 0.387 e. The van der Waals surface area contributed by atoms with E-state index >= 15 is 0 Å². The lowest BCUT2D eigenvalue weighted by atomic mass is 10.2. The number of carbonyl (C=O) groups is 1. The number of alkyl halides is 2. The second-order valence-corrected chi connectivity index (χ2v) is 4.10. The van der Waals surface area contributed by atoms with Crippen molar-refractivity contribution >= 4 is 17.3 Å². The van der Waals surface area contributed by atoms with Gasteiger partial charge in [-0.1, -0.05) is 0 Å². The van der Waals surface area contributed by atoms with Gasteiger partial charge in [-0.3, -0.25) is 4.79 Å². The van der Waals surface area contributed by atoms with Crippen LogP contribution in [0.1, 0.15) is 10.4 Å². The molecule has 0 heterocycles. The molecule has 2 rings (SSSR count). The highest BCUT2D eigenvalue weighted by Gasteiger charge is 2.10. The summed E-state index contributed by atoms with van der Waals surface area (Å²) in [4.78, 5) is 11.9. The summed E-state index contributed by atoms with van der Waals surface area (Å²) in [5, 5.41) is 2.36. The Morgan fingerprint density at radius 1 is 1.14 bits per heavy atom. The van der Waals surface area contributed by atoms with Gasteiger partial charge in [-0.2, -0.15) is 8.78 Å². The van der Waals surface area contributed by atoms with Crippen LogP contribution in [0.25, 0.3) is 0 Å². The Bertz CT molecular complexity index is 645.